The van der Waals surface area contributed by atoms with Crippen molar-refractivity contribution in [3.8, 4) is 17.1 Å². The average Bonchev–Trinajstić information content (AvgIpc) is 3.20. The highest BCUT2D eigenvalue weighted by molar-refractivity contribution is 9.10. The van der Waals surface area contributed by atoms with Crippen molar-refractivity contribution in [1.29, 1.82) is 0 Å². The molecule has 1 aromatic heterocycles. The number of carbonyl (C=O) groups excluding carboxylic acids is 2. The summed E-state index contributed by atoms with van der Waals surface area (Å²) in [5.41, 5.74) is 2.43. The van der Waals surface area contributed by atoms with Gasteiger partial charge in [0, 0.05) is 10.0 Å². The standard InChI is InChI=1S/C23H17BrN2O4S/c1-13-3-9-17(19(24)11-13)20-10-8-16(30-20)12-18-21(27)25-23(31)26(22(18)28)14-4-6-15(29-2)7-5-14/h3-12H,1-2H3,(H,25,27,31)/b18-12-. The van der Waals surface area contributed by atoms with Crippen molar-refractivity contribution in [2.45, 2.75) is 6.92 Å². The van der Waals surface area contributed by atoms with Crippen LogP contribution in [0.15, 0.2) is 69.1 Å². The van der Waals surface area contributed by atoms with E-state index < -0.39 is 11.8 Å². The Labute approximate surface area is 192 Å². The molecule has 1 N–H and O–H groups in total. The van der Waals surface area contributed by atoms with E-state index in [1.54, 1.807) is 43.5 Å². The number of halogens is 1. The van der Waals surface area contributed by atoms with Gasteiger partial charge in [-0.05, 0) is 79.3 Å². The third-order valence-corrected chi connectivity index (χ3v) is 5.68. The van der Waals surface area contributed by atoms with Crippen LogP contribution in [0.2, 0.25) is 0 Å². The molecule has 0 bridgehead atoms. The zero-order chi connectivity index (χ0) is 22.1. The maximum absolute atomic E-state index is 13.1. The maximum Gasteiger partial charge on any atom is 0.270 e. The quantitative estimate of drug-likeness (QED) is 0.317. The number of hydrogen-bond donors (Lipinski definition) is 1. The summed E-state index contributed by atoms with van der Waals surface area (Å²) in [5, 5.41) is 2.57. The lowest BCUT2D eigenvalue weighted by atomic mass is 10.1. The first kappa shape index (κ1) is 21.0. The number of thiocarbonyl (C=S) groups is 1. The van der Waals surface area contributed by atoms with Crippen molar-refractivity contribution in [3.05, 3.63) is 76.0 Å². The summed E-state index contributed by atoms with van der Waals surface area (Å²) in [6.45, 7) is 2.00. The van der Waals surface area contributed by atoms with Crippen molar-refractivity contribution in [2.24, 2.45) is 0 Å². The van der Waals surface area contributed by atoms with E-state index >= 15 is 0 Å². The smallest absolute Gasteiger partial charge is 0.270 e. The molecule has 3 aromatic rings. The zero-order valence-electron chi connectivity index (χ0n) is 16.6. The zero-order valence-corrected chi connectivity index (χ0v) is 19.0. The van der Waals surface area contributed by atoms with Crippen LogP contribution in [0.4, 0.5) is 5.69 Å². The van der Waals surface area contributed by atoms with E-state index in [-0.39, 0.29) is 10.7 Å². The fourth-order valence-corrected chi connectivity index (χ4v) is 4.13. The summed E-state index contributed by atoms with van der Waals surface area (Å²) >= 11 is 8.76. The summed E-state index contributed by atoms with van der Waals surface area (Å²) in [4.78, 5) is 26.9. The van der Waals surface area contributed by atoms with Crippen molar-refractivity contribution in [3.63, 3.8) is 0 Å². The highest BCUT2D eigenvalue weighted by Crippen LogP contribution is 2.31. The number of benzene rings is 2. The fraction of sp³-hybridized carbons (Fsp3) is 0.0870. The molecule has 0 saturated carbocycles. The lowest BCUT2D eigenvalue weighted by Crippen LogP contribution is -2.54. The van der Waals surface area contributed by atoms with E-state index in [2.05, 4.69) is 21.2 Å². The van der Waals surface area contributed by atoms with Crippen LogP contribution in [0, 0.1) is 6.92 Å². The number of anilines is 1. The van der Waals surface area contributed by atoms with Gasteiger partial charge in [0.1, 0.15) is 22.8 Å². The van der Waals surface area contributed by atoms with Crippen LogP contribution < -0.4 is 15.0 Å². The van der Waals surface area contributed by atoms with Gasteiger partial charge in [-0.15, -0.1) is 0 Å². The number of aryl methyl sites for hydroxylation is 1. The van der Waals surface area contributed by atoms with Crippen molar-refractivity contribution in [1.82, 2.24) is 5.32 Å². The Hall–Kier alpha value is -3.23. The Morgan fingerprint density at radius 1 is 1.10 bits per heavy atom. The number of amides is 2. The van der Waals surface area contributed by atoms with Gasteiger partial charge in [-0.1, -0.05) is 22.0 Å². The largest absolute Gasteiger partial charge is 0.497 e. The van der Waals surface area contributed by atoms with Crippen LogP contribution in [0.25, 0.3) is 17.4 Å². The molecule has 8 heteroatoms. The third-order valence-electron chi connectivity index (χ3n) is 4.74. The molecule has 1 saturated heterocycles. The van der Waals surface area contributed by atoms with Gasteiger partial charge < -0.3 is 9.15 Å². The van der Waals surface area contributed by atoms with Crippen LogP contribution in [0.1, 0.15) is 11.3 Å². The number of methoxy groups -OCH3 is 1. The fourth-order valence-electron chi connectivity index (χ4n) is 3.16. The molecule has 2 amide bonds. The third kappa shape index (κ3) is 4.17. The first-order valence-corrected chi connectivity index (χ1v) is 10.5. The van der Waals surface area contributed by atoms with E-state index in [1.165, 1.54) is 11.0 Å². The van der Waals surface area contributed by atoms with Gasteiger partial charge >= 0.3 is 0 Å². The van der Waals surface area contributed by atoms with Gasteiger partial charge in [-0.3, -0.25) is 19.8 Å². The molecule has 0 unspecified atom stereocenters. The summed E-state index contributed by atoms with van der Waals surface area (Å²) in [6, 6.07) is 16.2. The van der Waals surface area contributed by atoms with Crippen molar-refractivity contribution >= 4 is 56.8 Å². The van der Waals surface area contributed by atoms with E-state index in [4.69, 9.17) is 21.4 Å². The summed E-state index contributed by atoms with van der Waals surface area (Å²) in [6.07, 6.45) is 1.42. The molecular formula is C23H17BrN2O4S. The summed E-state index contributed by atoms with van der Waals surface area (Å²) < 4.78 is 11.9. The Kier molecular flexibility index (Phi) is 5.75. The molecule has 0 atom stereocenters. The minimum Gasteiger partial charge on any atom is -0.497 e. The molecule has 4 rings (SSSR count). The van der Waals surface area contributed by atoms with Crippen molar-refractivity contribution in [2.75, 3.05) is 12.0 Å². The SMILES string of the molecule is COc1ccc(N2C(=O)/C(=C\c3ccc(-c4ccc(C)cc4Br)o3)C(=O)NC2=S)cc1. The molecule has 0 aliphatic carbocycles. The van der Waals surface area contributed by atoms with Crippen LogP contribution in [0.3, 0.4) is 0 Å². The monoisotopic (exact) mass is 496 g/mol. The van der Waals surface area contributed by atoms with Crippen LogP contribution in [-0.2, 0) is 9.59 Å². The number of ether oxygens (including phenoxy) is 1. The molecule has 156 valence electrons. The topological polar surface area (TPSA) is 71.8 Å². The predicted octanol–water partition coefficient (Wildman–Crippen LogP) is 4.86. The van der Waals surface area contributed by atoms with E-state index in [9.17, 15) is 9.59 Å². The van der Waals surface area contributed by atoms with Crippen molar-refractivity contribution < 1.29 is 18.7 Å². The Balaban J connectivity index is 1.66. The first-order chi connectivity index (χ1) is 14.9. The molecule has 0 spiro atoms. The molecule has 1 aliphatic heterocycles. The molecule has 1 aliphatic rings. The Morgan fingerprint density at radius 2 is 1.84 bits per heavy atom. The molecule has 1 fully saturated rings. The van der Waals surface area contributed by atoms with Gasteiger partial charge in [-0.2, -0.15) is 0 Å². The van der Waals surface area contributed by atoms with Crippen LogP contribution in [0.5, 0.6) is 5.75 Å². The second kappa shape index (κ2) is 8.49. The number of nitrogens with zero attached hydrogens (tertiary/aromatic N) is 1. The van der Waals surface area contributed by atoms with Gasteiger partial charge in [0.15, 0.2) is 5.11 Å². The summed E-state index contributed by atoms with van der Waals surface area (Å²) in [5.74, 6) is 0.528. The molecule has 0 radical (unpaired) electrons. The molecule has 2 heterocycles. The highest BCUT2D eigenvalue weighted by Gasteiger charge is 2.34. The Morgan fingerprint density at radius 3 is 2.52 bits per heavy atom. The number of hydrogen-bond acceptors (Lipinski definition) is 5. The lowest BCUT2D eigenvalue weighted by molar-refractivity contribution is -0.122. The van der Waals surface area contributed by atoms with Crippen LogP contribution in [-0.4, -0.2) is 24.0 Å². The predicted molar refractivity (Wildman–Crippen MR) is 126 cm³/mol. The van der Waals surface area contributed by atoms with E-state index in [0.717, 1.165) is 15.6 Å². The van der Waals surface area contributed by atoms with Gasteiger partial charge in [0.2, 0.25) is 0 Å². The normalized spacial score (nSPS) is 15.4. The summed E-state index contributed by atoms with van der Waals surface area (Å²) in [7, 11) is 1.56. The van der Waals surface area contributed by atoms with Gasteiger partial charge in [-0.25, -0.2) is 0 Å². The molecule has 6 nitrogen and oxygen atoms in total. The lowest BCUT2D eigenvalue weighted by Gasteiger charge is -2.28. The Bertz CT molecular complexity index is 1230. The average molecular weight is 497 g/mol. The van der Waals surface area contributed by atoms with E-state index in [1.807, 2.05) is 25.1 Å². The minimum absolute atomic E-state index is 0.0148. The number of furan rings is 1. The maximum atomic E-state index is 13.1. The second-order valence-electron chi connectivity index (χ2n) is 6.84. The highest BCUT2D eigenvalue weighted by atomic mass is 79.9. The van der Waals surface area contributed by atoms with Crippen LogP contribution >= 0.6 is 28.1 Å². The first-order valence-electron chi connectivity index (χ1n) is 9.29. The van der Waals surface area contributed by atoms with Gasteiger partial charge in [0.25, 0.3) is 11.8 Å². The molecular weight excluding hydrogens is 480 g/mol. The molecule has 31 heavy (non-hydrogen) atoms. The molecule has 2 aromatic carbocycles. The number of rotatable bonds is 4. The van der Waals surface area contributed by atoms with E-state index in [0.29, 0.717) is 23.0 Å². The van der Waals surface area contributed by atoms with Gasteiger partial charge in [0.05, 0.1) is 12.8 Å². The number of nitrogens with one attached hydrogen (secondary N) is 1. The minimum atomic E-state index is -0.575. The number of carbonyl (C=O) groups is 2. The second-order valence-corrected chi connectivity index (χ2v) is 8.08.